The topological polar surface area (TPSA) is 87.7 Å². The van der Waals surface area contributed by atoms with Crippen molar-refractivity contribution < 1.29 is 19.1 Å². The third kappa shape index (κ3) is 3.10. The van der Waals surface area contributed by atoms with Gasteiger partial charge in [0.15, 0.2) is 0 Å². The van der Waals surface area contributed by atoms with Gasteiger partial charge in [0.05, 0.1) is 35.3 Å². The van der Waals surface area contributed by atoms with E-state index in [1.54, 1.807) is 18.2 Å². The first-order valence-electron chi connectivity index (χ1n) is 10.9. The molecule has 2 aromatic rings. The molecule has 1 spiro atoms. The summed E-state index contributed by atoms with van der Waals surface area (Å²) in [7, 11) is 1.48. The molecule has 2 aromatic carbocycles. The maximum absolute atomic E-state index is 14.0. The van der Waals surface area contributed by atoms with Gasteiger partial charge < -0.3 is 10.1 Å². The molecule has 2 saturated heterocycles. The van der Waals surface area contributed by atoms with Crippen molar-refractivity contribution in [2.75, 3.05) is 17.3 Å². The second-order valence-electron chi connectivity index (χ2n) is 8.99. The van der Waals surface area contributed by atoms with E-state index in [-0.39, 0.29) is 16.8 Å². The summed E-state index contributed by atoms with van der Waals surface area (Å²) >= 11 is 18.9. The number of carbonyl (C=O) groups excluding carboxylic acids is 3. The van der Waals surface area contributed by atoms with Crippen LogP contribution in [0.4, 0.5) is 11.4 Å². The van der Waals surface area contributed by atoms with E-state index in [9.17, 15) is 14.4 Å². The van der Waals surface area contributed by atoms with Crippen LogP contribution in [0.2, 0.25) is 15.1 Å². The zero-order chi connectivity index (χ0) is 24.5. The largest absolute Gasteiger partial charge is 0.497 e. The molecule has 10 heteroatoms. The Labute approximate surface area is 211 Å². The highest BCUT2D eigenvalue weighted by atomic mass is 35.5. The lowest BCUT2D eigenvalue weighted by molar-refractivity contribution is -0.130. The van der Waals surface area contributed by atoms with Crippen LogP contribution in [0.3, 0.4) is 0 Å². The number of hydrogen-bond donors (Lipinski definition) is 2. The zero-order valence-electron chi connectivity index (χ0n) is 18.6. The quantitative estimate of drug-likeness (QED) is 0.572. The average molecular weight is 523 g/mol. The fourth-order valence-electron chi connectivity index (χ4n) is 5.55. The van der Waals surface area contributed by atoms with E-state index in [2.05, 4.69) is 10.6 Å². The second-order valence-corrected chi connectivity index (χ2v) is 10.3. The number of carbonyl (C=O) groups is 3. The van der Waals surface area contributed by atoms with Crippen LogP contribution in [-0.4, -0.2) is 30.9 Å². The highest BCUT2D eigenvalue weighted by Gasteiger charge is 2.71. The predicted octanol–water partition coefficient (Wildman–Crippen LogP) is 4.63. The van der Waals surface area contributed by atoms with Crippen molar-refractivity contribution in [3.8, 4) is 5.75 Å². The van der Waals surface area contributed by atoms with Crippen LogP contribution in [0.25, 0.3) is 0 Å². The molecule has 3 aliphatic heterocycles. The van der Waals surface area contributed by atoms with Crippen molar-refractivity contribution in [3.05, 3.63) is 51.0 Å². The Kier molecular flexibility index (Phi) is 5.60. The molecule has 178 valence electrons. The van der Waals surface area contributed by atoms with Crippen molar-refractivity contribution in [1.82, 2.24) is 5.32 Å². The first-order chi connectivity index (χ1) is 16.1. The molecular formula is C24H22Cl3N3O4. The number of nitrogens with one attached hydrogen (secondary N) is 2. The van der Waals surface area contributed by atoms with Gasteiger partial charge in [-0.05, 0) is 30.2 Å². The Morgan fingerprint density at radius 2 is 1.76 bits per heavy atom. The molecule has 5 unspecified atom stereocenters. The van der Waals surface area contributed by atoms with Gasteiger partial charge in [0, 0.05) is 27.7 Å². The normalized spacial score (nSPS) is 28.4. The van der Waals surface area contributed by atoms with Crippen LogP contribution >= 0.6 is 34.8 Å². The van der Waals surface area contributed by atoms with E-state index in [1.165, 1.54) is 19.2 Å². The van der Waals surface area contributed by atoms with Crippen molar-refractivity contribution >= 4 is 63.9 Å². The van der Waals surface area contributed by atoms with Gasteiger partial charge in [-0.15, -0.1) is 0 Å². The third-order valence-electron chi connectivity index (χ3n) is 7.28. The molecule has 7 nitrogen and oxygen atoms in total. The van der Waals surface area contributed by atoms with Gasteiger partial charge in [0.25, 0.3) is 0 Å². The molecule has 2 fully saturated rings. The van der Waals surface area contributed by atoms with Crippen molar-refractivity contribution in [1.29, 1.82) is 0 Å². The van der Waals surface area contributed by atoms with E-state index in [0.717, 1.165) is 11.3 Å². The highest BCUT2D eigenvalue weighted by Crippen LogP contribution is 2.56. The summed E-state index contributed by atoms with van der Waals surface area (Å²) < 4.78 is 5.28. The van der Waals surface area contributed by atoms with Crippen LogP contribution < -0.4 is 20.3 Å². The highest BCUT2D eigenvalue weighted by molar-refractivity contribution is 6.38. The third-order valence-corrected chi connectivity index (χ3v) is 8.02. The molecular weight excluding hydrogens is 501 g/mol. The summed E-state index contributed by atoms with van der Waals surface area (Å²) in [5.74, 6) is -2.64. The molecule has 5 atom stereocenters. The monoisotopic (exact) mass is 521 g/mol. The van der Waals surface area contributed by atoms with Gasteiger partial charge in [-0.2, -0.15) is 0 Å². The van der Waals surface area contributed by atoms with Crippen LogP contribution in [0, 0.1) is 17.8 Å². The number of fused-ring (bicyclic) bond motifs is 4. The van der Waals surface area contributed by atoms with Crippen LogP contribution in [0.1, 0.15) is 25.8 Å². The molecule has 5 rings (SSSR count). The molecule has 0 bridgehead atoms. The van der Waals surface area contributed by atoms with Crippen molar-refractivity contribution in [2.45, 2.75) is 31.8 Å². The lowest BCUT2D eigenvalue weighted by Gasteiger charge is -2.31. The SMILES string of the molecule is CCC(C)C1NC2(C(=O)Nc3c(Cl)cc(Cl)cc32)C2C(=O)N(c3cc(Cl)cc(OC)c3)C(=O)C12. The Bertz CT molecular complexity index is 1250. The summed E-state index contributed by atoms with van der Waals surface area (Å²) in [4.78, 5) is 42.5. The number of methoxy groups -OCH3 is 1. The molecule has 2 N–H and O–H groups in total. The van der Waals surface area contributed by atoms with Gasteiger partial charge in [0.2, 0.25) is 17.7 Å². The second kappa shape index (κ2) is 8.12. The number of anilines is 2. The predicted molar refractivity (Wildman–Crippen MR) is 131 cm³/mol. The zero-order valence-corrected chi connectivity index (χ0v) is 20.9. The molecule has 3 amide bonds. The number of imide groups is 1. The molecule has 3 aliphatic rings. The van der Waals surface area contributed by atoms with E-state index in [4.69, 9.17) is 39.5 Å². The number of ether oxygens (including phenoxy) is 1. The number of benzene rings is 2. The summed E-state index contributed by atoms with van der Waals surface area (Å²) in [6, 6.07) is 7.45. The summed E-state index contributed by atoms with van der Waals surface area (Å²) in [5, 5.41) is 7.14. The Balaban J connectivity index is 1.71. The van der Waals surface area contributed by atoms with Crippen molar-refractivity contribution in [3.63, 3.8) is 0 Å². The molecule has 0 aliphatic carbocycles. The first-order valence-corrected chi connectivity index (χ1v) is 12.1. The first kappa shape index (κ1) is 23.4. The standard InChI is InChI=1S/C24H22Cl3N3O4/c1-4-10(2)19-17-18(22(32)30(21(17)31)13-5-11(25)6-14(9-13)34-3)24(29-19)15-7-12(26)8-16(27)20(15)28-23(24)33/h5-10,17-19,29H,4H2,1-3H3,(H,28,33). The van der Waals surface area contributed by atoms with Gasteiger partial charge in [-0.3, -0.25) is 19.7 Å². The minimum atomic E-state index is -1.48. The molecule has 0 aromatic heterocycles. The van der Waals surface area contributed by atoms with Gasteiger partial charge >= 0.3 is 0 Å². The summed E-state index contributed by atoms with van der Waals surface area (Å²) in [6.07, 6.45) is 0.744. The summed E-state index contributed by atoms with van der Waals surface area (Å²) in [5.41, 5.74) is -0.306. The lowest BCUT2D eigenvalue weighted by atomic mass is 9.75. The number of nitrogens with zero attached hydrogens (tertiary/aromatic N) is 1. The molecule has 3 heterocycles. The van der Waals surface area contributed by atoms with Gasteiger partial charge in [-0.1, -0.05) is 55.1 Å². The average Bonchev–Trinajstić information content (AvgIpc) is 3.38. The van der Waals surface area contributed by atoms with E-state index in [0.29, 0.717) is 32.7 Å². The minimum absolute atomic E-state index is 0.00368. The molecule has 34 heavy (non-hydrogen) atoms. The van der Waals surface area contributed by atoms with Crippen molar-refractivity contribution in [2.24, 2.45) is 17.8 Å². The van der Waals surface area contributed by atoms with E-state index < -0.39 is 35.2 Å². The molecule has 0 saturated carbocycles. The number of hydrogen-bond acceptors (Lipinski definition) is 5. The smallest absolute Gasteiger partial charge is 0.250 e. The lowest BCUT2D eigenvalue weighted by Crippen LogP contribution is -2.54. The fourth-order valence-corrected chi connectivity index (χ4v) is 6.31. The van der Waals surface area contributed by atoms with Gasteiger partial charge in [-0.25, -0.2) is 4.90 Å². The molecule has 0 radical (unpaired) electrons. The summed E-state index contributed by atoms with van der Waals surface area (Å²) in [6.45, 7) is 4.00. The Morgan fingerprint density at radius 3 is 2.44 bits per heavy atom. The van der Waals surface area contributed by atoms with Gasteiger partial charge in [0.1, 0.15) is 11.3 Å². The number of rotatable bonds is 4. The van der Waals surface area contributed by atoms with E-state index >= 15 is 0 Å². The number of amides is 3. The number of halogens is 3. The maximum atomic E-state index is 14.0. The van der Waals surface area contributed by atoms with Crippen LogP contribution in [0.15, 0.2) is 30.3 Å². The van der Waals surface area contributed by atoms with Crippen LogP contribution in [-0.2, 0) is 19.9 Å². The van der Waals surface area contributed by atoms with Crippen LogP contribution in [0.5, 0.6) is 5.75 Å². The maximum Gasteiger partial charge on any atom is 0.250 e. The Morgan fingerprint density at radius 1 is 1.06 bits per heavy atom. The van der Waals surface area contributed by atoms with E-state index in [1.807, 2.05) is 13.8 Å². The fraction of sp³-hybridized carbons (Fsp3) is 0.375. The minimum Gasteiger partial charge on any atom is -0.497 e. The Hall–Kier alpha value is -2.32.